The van der Waals surface area contributed by atoms with E-state index in [2.05, 4.69) is 13.8 Å². The number of aliphatic hydroxyl groups excluding tert-OH is 2. The van der Waals surface area contributed by atoms with Crippen LogP contribution in [0.15, 0.2) is 11.6 Å². The van der Waals surface area contributed by atoms with Gasteiger partial charge in [-0.25, -0.2) is 0 Å². The lowest BCUT2D eigenvalue weighted by molar-refractivity contribution is -0.138. The van der Waals surface area contributed by atoms with Crippen LogP contribution in [-0.4, -0.2) is 45.6 Å². The number of allylic oxidation sites excluding steroid dienone is 1. The maximum Gasteiger partial charge on any atom is 0.303 e. The molecule has 0 aliphatic heterocycles. The summed E-state index contributed by atoms with van der Waals surface area (Å²) in [7, 11) is 0. The molecule has 28 heavy (non-hydrogen) atoms. The fourth-order valence-electron chi connectivity index (χ4n) is 1.99. The largest absolute Gasteiger partial charge is 0.481 e. The van der Waals surface area contributed by atoms with Gasteiger partial charge in [-0.3, -0.25) is 9.59 Å². The van der Waals surface area contributed by atoms with E-state index in [1.165, 1.54) is 38.5 Å². The highest BCUT2D eigenvalue weighted by Gasteiger charge is 1.95. The van der Waals surface area contributed by atoms with Crippen molar-refractivity contribution in [2.45, 2.75) is 90.9 Å². The van der Waals surface area contributed by atoms with Gasteiger partial charge in [-0.1, -0.05) is 65.2 Å². The number of hydrogen-bond acceptors (Lipinski definition) is 5. The fraction of sp³-hybridized carbons (Fsp3) is 0.762. The summed E-state index contributed by atoms with van der Waals surface area (Å²) in [5, 5.41) is 41.0. The van der Waals surface area contributed by atoms with Crippen LogP contribution in [0.5, 0.6) is 0 Å². The molecule has 0 atom stereocenters. The molecule has 4 N–H and O–H groups in total. The summed E-state index contributed by atoms with van der Waals surface area (Å²) in [6.45, 7) is 3.81. The minimum Gasteiger partial charge on any atom is -0.481 e. The van der Waals surface area contributed by atoms with E-state index < -0.39 is 11.9 Å². The van der Waals surface area contributed by atoms with Crippen molar-refractivity contribution in [1.82, 2.24) is 0 Å². The minimum absolute atomic E-state index is 0.246. The summed E-state index contributed by atoms with van der Waals surface area (Å²) in [5.74, 6) is -1.34. The van der Waals surface area contributed by atoms with E-state index in [4.69, 9.17) is 25.7 Å². The second kappa shape index (κ2) is 27.3. The maximum atomic E-state index is 10.0. The third-order valence-corrected chi connectivity index (χ3v) is 3.66. The third kappa shape index (κ3) is 35.2. The van der Waals surface area contributed by atoms with E-state index in [-0.39, 0.29) is 13.2 Å². The molecule has 0 amide bonds. The first-order valence-electron chi connectivity index (χ1n) is 10.1. The summed E-state index contributed by atoms with van der Waals surface area (Å²) >= 11 is 0. The molecule has 7 nitrogen and oxygen atoms in total. The van der Waals surface area contributed by atoms with Gasteiger partial charge in [0.2, 0.25) is 0 Å². The summed E-state index contributed by atoms with van der Waals surface area (Å²) in [4.78, 5) is 20.1. The molecule has 0 aliphatic carbocycles. The van der Waals surface area contributed by atoms with Crippen LogP contribution < -0.4 is 0 Å². The number of nitriles is 1. The molecule has 7 heteroatoms. The van der Waals surface area contributed by atoms with E-state index in [9.17, 15) is 9.59 Å². The standard InChI is InChI=1S/2C8H16O2.C5H7NO2/c2*1-2-3-4-5-6-7-8(9)10;6-2-1-5(3-7)4-8/h2*2-7H2,1H3,(H,9,10);1,7-8H,3-4H2. The Morgan fingerprint density at radius 3 is 1.32 bits per heavy atom. The Bertz CT molecular complexity index is 399. The van der Waals surface area contributed by atoms with Crippen LogP contribution in [0.4, 0.5) is 0 Å². The van der Waals surface area contributed by atoms with Crippen LogP contribution in [0.25, 0.3) is 0 Å². The second-order valence-corrected chi connectivity index (χ2v) is 6.36. The minimum atomic E-state index is -0.670. The fourth-order valence-corrected chi connectivity index (χ4v) is 1.99. The zero-order valence-electron chi connectivity index (χ0n) is 17.5. The molecule has 164 valence electrons. The molecule has 0 aromatic carbocycles. The van der Waals surface area contributed by atoms with Crippen molar-refractivity contribution in [2.75, 3.05) is 13.2 Å². The second-order valence-electron chi connectivity index (χ2n) is 6.36. The van der Waals surface area contributed by atoms with Crippen LogP contribution in [0.3, 0.4) is 0 Å². The Morgan fingerprint density at radius 1 is 0.750 bits per heavy atom. The van der Waals surface area contributed by atoms with Gasteiger partial charge in [-0.05, 0) is 18.4 Å². The van der Waals surface area contributed by atoms with Crippen LogP contribution in [0, 0.1) is 11.3 Å². The normalized spacial score (nSPS) is 9.11. The average Bonchev–Trinajstić information content (AvgIpc) is 2.66. The highest BCUT2D eigenvalue weighted by molar-refractivity contribution is 5.66. The molecule has 0 bridgehead atoms. The van der Waals surface area contributed by atoms with Gasteiger partial charge in [0.15, 0.2) is 0 Å². The van der Waals surface area contributed by atoms with Crippen molar-refractivity contribution < 1.29 is 30.0 Å². The zero-order chi connectivity index (χ0) is 22.0. The van der Waals surface area contributed by atoms with Crippen molar-refractivity contribution in [3.8, 4) is 6.07 Å². The predicted molar refractivity (Wildman–Crippen MR) is 110 cm³/mol. The highest BCUT2D eigenvalue weighted by atomic mass is 16.4. The van der Waals surface area contributed by atoms with Gasteiger partial charge in [0.05, 0.1) is 19.3 Å². The van der Waals surface area contributed by atoms with Crippen molar-refractivity contribution in [3.63, 3.8) is 0 Å². The topological polar surface area (TPSA) is 139 Å². The smallest absolute Gasteiger partial charge is 0.303 e. The van der Waals surface area contributed by atoms with Crippen molar-refractivity contribution in [1.29, 1.82) is 5.26 Å². The summed E-state index contributed by atoms with van der Waals surface area (Å²) < 4.78 is 0. The van der Waals surface area contributed by atoms with E-state index >= 15 is 0 Å². The first-order chi connectivity index (χ1) is 13.4. The third-order valence-electron chi connectivity index (χ3n) is 3.66. The number of hydrogen-bond donors (Lipinski definition) is 4. The zero-order valence-corrected chi connectivity index (χ0v) is 17.5. The van der Waals surface area contributed by atoms with Crippen LogP contribution in [0.1, 0.15) is 90.9 Å². The number of carboxylic acid groups (broad SMARTS) is 2. The number of carboxylic acids is 2. The lowest BCUT2D eigenvalue weighted by atomic mass is 10.1. The van der Waals surface area contributed by atoms with Crippen LogP contribution >= 0.6 is 0 Å². The summed E-state index contributed by atoms with van der Waals surface area (Å²) in [5.41, 5.74) is 0.340. The van der Waals surface area contributed by atoms with E-state index in [1.54, 1.807) is 6.07 Å². The van der Waals surface area contributed by atoms with Gasteiger partial charge in [0.1, 0.15) is 0 Å². The molecule has 0 fully saturated rings. The number of aliphatic hydroxyl groups is 2. The van der Waals surface area contributed by atoms with Crippen LogP contribution in [0.2, 0.25) is 0 Å². The molecule has 0 radical (unpaired) electrons. The van der Waals surface area contributed by atoms with Gasteiger partial charge in [-0.2, -0.15) is 5.26 Å². The molecular weight excluding hydrogens is 362 g/mol. The molecule has 0 aromatic heterocycles. The van der Waals surface area contributed by atoms with Crippen molar-refractivity contribution in [2.24, 2.45) is 0 Å². The Morgan fingerprint density at radius 2 is 1.11 bits per heavy atom. The van der Waals surface area contributed by atoms with Gasteiger partial charge >= 0.3 is 11.9 Å². The number of rotatable bonds is 14. The first kappa shape index (κ1) is 30.8. The predicted octanol–water partition coefficient (Wildman–Crippen LogP) is 4.28. The van der Waals surface area contributed by atoms with Crippen LogP contribution in [-0.2, 0) is 9.59 Å². The number of nitrogens with zero attached hydrogens (tertiary/aromatic N) is 1. The Labute approximate surface area is 169 Å². The average molecular weight is 402 g/mol. The molecule has 0 heterocycles. The van der Waals surface area contributed by atoms with Gasteiger partial charge in [0, 0.05) is 18.9 Å². The Kier molecular flexibility index (Phi) is 30.0. The summed E-state index contributed by atoms with van der Waals surface area (Å²) in [6.07, 6.45) is 12.9. The monoisotopic (exact) mass is 401 g/mol. The number of aliphatic carboxylic acids is 2. The lowest BCUT2D eigenvalue weighted by Gasteiger charge is -1.95. The first-order valence-corrected chi connectivity index (χ1v) is 10.1. The van der Waals surface area contributed by atoms with Gasteiger partial charge in [0.25, 0.3) is 0 Å². The van der Waals surface area contributed by atoms with Crippen molar-refractivity contribution in [3.05, 3.63) is 11.6 Å². The van der Waals surface area contributed by atoms with Gasteiger partial charge in [-0.15, -0.1) is 0 Å². The molecule has 0 rings (SSSR count). The molecule has 0 unspecified atom stereocenters. The van der Waals surface area contributed by atoms with Gasteiger partial charge < -0.3 is 20.4 Å². The highest BCUT2D eigenvalue weighted by Crippen LogP contribution is 2.04. The Hall–Kier alpha value is -1.91. The van der Waals surface area contributed by atoms with E-state index in [1.807, 2.05) is 0 Å². The van der Waals surface area contributed by atoms with E-state index in [0.717, 1.165) is 31.8 Å². The molecule has 0 saturated heterocycles. The molecule has 0 aromatic rings. The Balaban J connectivity index is -0.000000337. The van der Waals surface area contributed by atoms with E-state index in [0.29, 0.717) is 18.4 Å². The molecule has 0 saturated carbocycles. The maximum absolute atomic E-state index is 10.0. The molecule has 0 aliphatic rings. The number of carbonyl (C=O) groups is 2. The molecular formula is C21H39NO6. The quantitative estimate of drug-likeness (QED) is 0.251. The van der Waals surface area contributed by atoms with Crippen molar-refractivity contribution >= 4 is 11.9 Å². The molecule has 0 spiro atoms. The SMILES string of the molecule is CCCCCCCC(=O)O.CCCCCCCC(=O)O.N#CC=C(CO)CO. The number of unbranched alkanes of at least 4 members (excludes halogenated alkanes) is 8. The summed E-state index contributed by atoms with van der Waals surface area (Å²) in [6, 6.07) is 1.69. The lowest BCUT2D eigenvalue weighted by Crippen LogP contribution is -1.94.